The summed E-state index contributed by atoms with van der Waals surface area (Å²) in [5.41, 5.74) is 1.40. The number of ether oxygens (including phenoxy) is 1. The Morgan fingerprint density at radius 3 is 2.41 bits per heavy atom. The maximum absolute atomic E-state index is 13.3. The fourth-order valence-corrected chi connectivity index (χ4v) is 3.63. The van der Waals surface area contributed by atoms with Crippen molar-refractivity contribution in [3.8, 4) is 0 Å². The van der Waals surface area contributed by atoms with E-state index in [0.29, 0.717) is 23.4 Å². The summed E-state index contributed by atoms with van der Waals surface area (Å²) in [5.74, 6) is -1.60. The van der Waals surface area contributed by atoms with Gasteiger partial charge in [-0.15, -0.1) is 11.8 Å². The molecule has 0 unspecified atom stereocenters. The third-order valence-corrected chi connectivity index (χ3v) is 5.43. The average Bonchev–Trinajstić information content (AvgIpc) is 2.84. The minimum absolute atomic E-state index is 0.00922. The van der Waals surface area contributed by atoms with Gasteiger partial charge in [-0.25, -0.2) is 4.39 Å². The lowest BCUT2D eigenvalue weighted by Gasteiger charge is -2.12. The predicted molar refractivity (Wildman–Crippen MR) is 131 cm³/mol. The molecule has 0 fully saturated rings. The highest BCUT2D eigenvalue weighted by molar-refractivity contribution is 8.00. The first-order chi connectivity index (χ1) is 16.4. The van der Waals surface area contributed by atoms with Crippen molar-refractivity contribution in [1.29, 1.82) is 0 Å². The summed E-state index contributed by atoms with van der Waals surface area (Å²) >= 11 is 1.28. The van der Waals surface area contributed by atoms with Crippen molar-refractivity contribution in [2.45, 2.75) is 11.8 Å². The van der Waals surface area contributed by atoms with Gasteiger partial charge in [-0.3, -0.25) is 14.4 Å². The van der Waals surface area contributed by atoms with Crippen LogP contribution in [0.1, 0.15) is 22.8 Å². The average molecular weight is 479 g/mol. The molecule has 0 aliphatic heterocycles. The van der Waals surface area contributed by atoms with Gasteiger partial charge < -0.3 is 15.4 Å². The molecule has 0 radical (unpaired) electrons. The number of amides is 2. The first-order valence-corrected chi connectivity index (χ1v) is 11.5. The zero-order valence-electron chi connectivity index (χ0n) is 18.4. The fraction of sp³-hybridized carbons (Fsp3) is 0.115. The molecule has 3 rings (SSSR count). The van der Waals surface area contributed by atoms with E-state index in [1.807, 2.05) is 6.07 Å². The van der Waals surface area contributed by atoms with Crippen LogP contribution in [0.25, 0.3) is 6.08 Å². The molecule has 0 aliphatic rings. The number of thioether (sulfide) groups is 1. The highest BCUT2D eigenvalue weighted by atomic mass is 32.2. The second kappa shape index (κ2) is 12.4. The molecule has 0 saturated carbocycles. The van der Waals surface area contributed by atoms with Gasteiger partial charge in [0.2, 0.25) is 0 Å². The van der Waals surface area contributed by atoms with Gasteiger partial charge in [-0.1, -0.05) is 36.4 Å². The summed E-state index contributed by atoms with van der Waals surface area (Å²) in [4.78, 5) is 38.1. The molecule has 0 spiro atoms. The molecule has 2 N–H and O–H groups in total. The van der Waals surface area contributed by atoms with Crippen molar-refractivity contribution in [3.63, 3.8) is 0 Å². The van der Waals surface area contributed by atoms with E-state index in [9.17, 15) is 18.8 Å². The summed E-state index contributed by atoms with van der Waals surface area (Å²) in [6, 6.07) is 21.0. The molecule has 3 aromatic rings. The number of benzene rings is 3. The second-order valence-electron chi connectivity index (χ2n) is 7.01. The lowest BCUT2D eigenvalue weighted by molar-refractivity contribution is -0.139. The zero-order chi connectivity index (χ0) is 24.3. The molecule has 6 nitrogen and oxygen atoms in total. The maximum atomic E-state index is 13.3. The van der Waals surface area contributed by atoms with Gasteiger partial charge in [0.05, 0.1) is 12.4 Å². The van der Waals surface area contributed by atoms with Gasteiger partial charge in [-0.05, 0) is 61.0 Å². The summed E-state index contributed by atoms with van der Waals surface area (Å²) in [7, 11) is 0. The SMILES string of the molecule is CCOC(=O)CSc1cccc(NC(=O)/C(=C/c2ccc(F)cc2)NC(=O)c2ccccc2)c1. The Bertz CT molecular complexity index is 1180. The predicted octanol–water partition coefficient (Wildman–Crippen LogP) is 4.89. The molecule has 3 aromatic carbocycles. The summed E-state index contributed by atoms with van der Waals surface area (Å²) in [5, 5.41) is 5.39. The van der Waals surface area contributed by atoms with E-state index < -0.39 is 17.6 Å². The first-order valence-electron chi connectivity index (χ1n) is 10.5. The highest BCUT2D eigenvalue weighted by Crippen LogP contribution is 2.22. The normalized spacial score (nSPS) is 10.9. The van der Waals surface area contributed by atoms with E-state index in [-0.39, 0.29) is 17.4 Å². The third kappa shape index (κ3) is 7.60. The van der Waals surface area contributed by atoms with Crippen LogP contribution in [0.15, 0.2) is 89.5 Å². The van der Waals surface area contributed by atoms with Gasteiger partial charge in [0.1, 0.15) is 11.5 Å². The number of hydrogen-bond acceptors (Lipinski definition) is 5. The molecule has 34 heavy (non-hydrogen) atoms. The number of carbonyl (C=O) groups excluding carboxylic acids is 3. The Balaban J connectivity index is 1.78. The van der Waals surface area contributed by atoms with Crippen molar-refractivity contribution in [1.82, 2.24) is 5.32 Å². The monoisotopic (exact) mass is 478 g/mol. The lowest BCUT2D eigenvalue weighted by atomic mass is 10.1. The quantitative estimate of drug-likeness (QED) is 0.260. The number of anilines is 1. The van der Waals surface area contributed by atoms with Gasteiger partial charge in [-0.2, -0.15) is 0 Å². The van der Waals surface area contributed by atoms with Crippen LogP contribution < -0.4 is 10.6 Å². The highest BCUT2D eigenvalue weighted by Gasteiger charge is 2.15. The van der Waals surface area contributed by atoms with Crippen LogP contribution in [-0.4, -0.2) is 30.1 Å². The smallest absolute Gasteiger partial charge is 0.316 e. The molecular formula is C26H23FN2O4S. The molecule has 174 valence electrons. The van der Waals surface area contributed by atoms with Gasteiger partial charge in [0.15, 0.2) is 0 Å². The molecule has 0 atom stereocenters. The Morgan fingerprint density at radius 2 is 1.71 bits per heavy atom. The first kappa shape index (κ1) is 24.7. The second-order valence-corrected chi connectivity index (χ2v) is 8.05. The van der Waals surface area contributed by atoms with Gasteiger partial charge in [0.25, 0.3) is 11.8 Å². The van der Waals surface area contributed by atoms with Crippen LogP contribution in [0.3, 0.4) is 0 Å². The van der Waals surface area contributed by atoms with E-state index >= 15 is 0 Å². The number of halogens is 1. The summed E-state index contributed by atoms with van der Waals surface area (Å²) < 4.78 is 18.2. The minimum Gasteiger partial charge on any atom is -0.465 e. The van der Waals surface area contributed by atoms with E-state index in [2.05, 4.69) is 10.6 Å². The van der Waals surface area contributed by atoms with Gasteiger partial charge >= 0.3 is 5.97 Å². The number of hydrogen-bond donors (Lipinski definition) is 2. The van der Waals surface area contributed by atoms with E-state index in [1.54, 1.807) is 55.5 Å². The van der Waals surface area contributed by atoms with Gasteiger partial charge in [0, 0.05) is 16.1 Å². The molecule has 0 heterocycles. The molecule has 8 heteroatoms. The third-order valence-electron chi connectivity index (χ3n) is 4.46. The molecular weight excluding hydrogens is 455 g/mol. The Hall–Kier alpha value is -3.91. The topological polar surface area (TPSA) is 84.5 Å². The molecule has 0 aliphatic carbocycles. The number of esters is 1. The van der Waals surface area contributed by atoms with Crippen molar-refractivity contribution < 1.29 is 23.5 Å². The molecule has 0 saturated heterocycles. The Labute approximate surface area is 201 Å². The fourth-order valence-electron chi connectivity index (χ4n) is 2.88. The van der Waals surface area contributed by atoms with Crippen LogP contribution in [0.4, 0.5) is 10.1 Å². The van der Waals surface area contributed by atoms with Crippen molar-refractivity contribution in [2.24, 2.45) is 0 Å². The van der Waals surface area contributed by atoms with Crippen LogP contribution in [0, 0.1) is 5.82 Å². The standard InChI is InChI=1S/C26H23FN2O4S/c1-2-33-24(30)17-34-22-10-6-9-21(16-22)28-26(32)23(15-18-11-13-20(27)14-12-18)29-25(31)19-7-4-3-5-8-19/h3-16H,2,17H2,1H3,(H,28,32)(H,29,31)/b23-15-. The van der Waals surface area contributed by atoms with Crippen LogP contribution in [0.5, 0.6) is 0 Å². The van der Waals surface area contributed by atoms with E-state index in [4.69, 9.17) is 4.74 Å². The van der Waals surface area contributed by atoms with Crippen molar-refractivity contribution in [3.05, 3.63) is 102 Å². The summed E-state index contributed by atoms with van der Waals surface area (Å²) in [6.45, 7) is 2.06. The Morgan fingerprint density at radius 1 is 0.971 bits per heavy atom. The van der Waals surface area contributed by atoms with Crippen molar-refractivity contribution in [2.75, 3.05) is 17.7 Å². The number of carbonyl (C=O) groups is 3. The largest absolute Gasteiger partial charge is 0.465 e. The molecule has 0 aromatic heterocycles. The summed E-state index contributed by atoms with van der Waals surface area (Å²) in [6.07, 6.45) is 1.47. The van der Waals surface area contributed by atoms with Crippen LogP contribution in [-0.2, 0) is 14.3 Å². The zero-order valence-corrected chi connectivity index (χ0v) is 19.2. The minimum atomic E-state index is -0.554. The molecule has 0 bridgehead atoms. The Kier molecular flexibility index (Phi) is 8.99. The van der Waals surface area contributed by atoms with E-state index in [1.165, 1.54) is 42.1 Å². The van der Waals surface area contributed by atoms with E-state index in [0.717, 1.165) is 4.90 Å². The van der Waals surface area contributed by atoms with Crippen LogP contribution in [0.2, 0.25) is 0 Å². The number of rotatable bonds is 9. The maximum Gasteiger partial charge on any atom is 0.316 e. The number of nitrogens with one attached hydrogen (secondary N) is 2. The lowest BCUT2D eigenvalue weighted by Crippen LogP contribution is -2.30. The van der Waals surface area contributed by atoms with Crippen LogP contribution >= 0.6 is 11.8 Å². The molecule has 2 amide bonds. The van der Waals surface area contributed by atoms with Crippen molar-refractivity contribution >= 4 is 41.3 Å².